The predicted molar refractivity (Wildman–Crippen MR) is 113 cm³/mol. The molecule has 5 nitrogen and oxygen atoms in total. The maximum atomic E-state index is 14.8. The van der Waals surface area contributed by atoms with Gasteiger partial charge in [-0.25, -0.2) is 8.78 Å². The lowest BCUT2D eigenvalue weighted by Gasteiger charge is -2.25. The number of nitrogens with zero attached hydrogens (tertiary/aromatic N) is 1. The van der Waals surface area contributed by atoms with E-state index < -0.39 is 35.1 Å². The first-order chi connectivity index (χ1) is 15.5. The molecule has 1 atom stereocenters. The van der Waals surface area contributed by atoms with E-state index in [0.29, 0.717) is 24.3 Å². The van der Waals surface area contributed by atoms with E-state index in [2.05, 4.69) is 0 Å². The van der Waals surface area contributed by atoms with Gasteiger partial charge in [0.2, 0.25) is 0 Å². The summed E-state index contributed by atoms with van der Waals surface area (Å²) >= 11 is 0. The number of benzene rings is 3. The van der Waals surface area contributed by atoms with Crippen LogP contribution in [-0.4, -0.2) is 23.4 Å². The lowest BCUT2D eigenvalue weighted by atomic mass is 9.94. The number of Topliss-reactive ketones (excluding diaryl/α,β-unsaturated/α-hetero) is 1. The van der Waals surface area contributed by atoms with Crippen LogP contribution in [0.1, 0.15) is 22.7 Å². The lowest BCUT2D eigenvalue weighted by Crippen LogP contribution is -2.29. The second kappa shape index (κ2) is 7.60. The molecule has 0 spiro atoms. The molecule has 0 bridgehead atoms. The number of hydrogen-bond acceptors (Lipinski definition) is 4. The van der Waals surface area contributed by atoms with Crippen molar-refractivity contribution in [3.05, 3.63) is 101 Å². The fourth-order valence-corrected chi connectivity index (χ4v) is 4.18. The number of carbonyl (C=O) groups excluding carboxylic acids is 2. The van der Waals surface area contributed by atoms with Gasteiger partial charge in [0.15, 0.2) is 0 Å². The third kappa shape index (κ3) is 3.13. The van der Waals surface area contributed by atoms with Crippen LogP contribution in [0.5, 0.6) is 5.75 Å². The second-order valence-electron chi connectivity index (χ2n) is 7.59. The standard InChI is InChI=1S/C25H17F2NO4/c26-16-6-8-17(9-7-16)28-22(18-3-1-2-4-19(18)27)21(24(30)25(28)31)23(29)15-5-10-20-14(13-15)11-12-32-20/h1-10,13,22,29H,11-12H2/b23-21+. The average molecular weight is 433 g/mol. The molecular weight excluding hydrogens is 416 g/mol. The fourth-order valence-electron chi connectivity index (χ4n) is 4.18. The van der Waals surface area contributed by atoms with Gasteiger partial charge in [-0.15, -0.1) is 0 Å². The molecular formula is C25H17F2NO4. The number of aliphatic hydroxyl groups is 1. The Bertz CT molecular complexity index is 1280. The van der Waals surface area contributed by atoms with Crippen LogP contribution in [-0.2, 0) is 16.0 Å². The number of hydrogen-bond donors (Lipinski definition) is 1. The van der Waals surface area contributed by atoms with E-state index in [1.165, 1.54) is 30.3 Å². The Hall–Kier alpha value is -4.00. The number of ketones is 1. The Balaban J connectivity index is 1.72. The summed E-state index contributed by atoms with van der Waals surface area (Å²) in [5.74, 6) is -2.75. The molecule has 0 aromatic heterocycles. The number of anilines is 1. The Labute approximate surface area is 182 Å². The van der Waals surface area contributed by atoms with Gasteiger partial charge in [0, 0.05) is 23.2 Å². The predicted octanol–water partition coefficient (Wildman–Crippen LogP) is 4.53. The van der Waals surface area contributed by atoms with Gasteiger partial charge >= 0.3 is 0 Å². The van der Waals surface area contributed by atoms with E-state index in [4.69, 9.17) is 4.74 Å². The van der Waals surface area contributed by atoms with Crippen LogP contribution in [0, 0.1) is 11.6 Å². The highest BCUT2D eigenvalue weighted by Gasteiger charge is 2.47. The summed E-state index contributed by atoms with van der Waals surface area (Å²) in [5, 5.41) is 11.1. The summed E-state index contributed by atoms with van der Waals surface area (Å²) in [5.41, 5.74) is 1.21. The molecule has 1 fully saturated rings. The van der Waals surface area contributed by atoms with Crippen molar-refractivity contribution in [1.82, 2.24) is 0 Å². The molecule has 0 saturated carbocycles. The van der Waals surface area contributed by atoms with Crippen molar-refractivity contribution in [2.75, 3.05) is 11.5 Å². The lowest BCUT2D eigenvalue weighted by molar-refractivity contribution is -0.132. The van der Waals surface area contributed by atoms with E-state index in [9.17, 15) is 23.5 Å². The fraction of sp³-hybridized carbons (Fsp3) is 0.120. The zero-order chi connectivity index (χ0) is 22.4. The van der Waals surface area contributed by atoms with Gasteiger partial charge in [-0.3, -0.25) is 14.5 Å². The zero-order valence-corrected chi connectivity index (χ0v) is 16.7. The highest BCUT2D eigenvalue weighted by Crippen LogP contribution is 2.43. The summed E-state index contributed by atoms with van der Waals surface area (Å²) < 4.78 is 33.8. The van der Waals surface area contributed by atoms with Crippen LogP contribution in [0.15, 0.2) is 72.3 Å². The molecule has 7 heteroatoms. The first-order valence-corrected chi connectivity index (χ1v) is 10.0. The maximum absolute atomic E-state index is 14.8. The van der Waals surface area contributed by atoms with Gasteiger partial charge in [0.1, 0.15) is 23.1 Å². The van der Waals surface area contributed by atoms with Crippen LogP contribution in [0.3, 0.4) is 0 Å². The number of aliphatic hydroxyl groups excluding tert-OH is 1. The van der Waals surface area contributed by atoms with E-state index >= 15 is 0 Å². The number of halogens is 2. The van der Waals surface area contributed by atoms with Gasteiger partial charge in [-0.2, -0.15) is 0 Å². The quantitative estimate of drug-likeness (QED) is 0.375. The number of rotatable bonds is 3. The highest BCUT2D eigenvalue weighted by atomic mass is 19.1. The summed E-state index contributed by atoms with van der Waals surface area (Å²) in [7, 11) is 0. The van der Waals surface area contributed by atoms with Gasteiger partial charge in [-0.1, -0.05) is 18.2 Å². The zero-order valence-electron chi connectivity index (χ0n) is 16.7. The largest absolute Gasteiger partial charge is 0.507 e. The van der Waals surface area contributed by atoms with Gasteiger partial charge < -0.3 is 9.84 Å². The van der Waals surface area contributed by atoms with E-state index in [1.807, 2.05) is 0 Å². The minimum Gasteiger partial charge on any atom is -0.507 e. The third-order valence-corrected chi connectivity index (χ3v) is 5.71. The minimum atomic E-state index is -1.22. The monoisotopic (exact) mass is 433 g/mol. The molecule has 3 aromatic carbocycles. The Morgan fingerprint density at radius 3 is 2.50 bits per heavy atom. The minimum absolute atomic E-state index is 0.0436. The first-order valence-electron chi connectivity index (χ1n) is 10.0. The maximum Gasteiger partial charge on any atom is 0.300 e. The normalized spacial score (nSPS) is 19.2. The van der Waals surface area contributed by atoms with Crippen molar-refractivity contribution in [1.29, 1.82) is 0 Å². The molecule has 1 unspecified atom stereocenters. The van der Waals surface area contributed by atoms with Crippen LogP contribution in [0.2, 0.25) is 0 Å². The molecule has 2 aliphatic heterocycles. The van der Waals surface area contributed by atoms with Crippen molar-refractivity contribution in [2.24, 2.45) is 0 Å². The van der Waals surface area contributed by atoms with Gasteiger partial charge in [0.05, 0.1) is 18.2 Å². The van der Waals surface area contributed by atoms with Crippen LogP contribution < -0.4 is 9.64 Å². The van der Waals surface area contributed by atoms with Crippen LogP contribution >= 0.6 is 0 Å². The van der Waals surface area contributed by atoms with E-state index in [-0.39, 0.29) is 16.8 Å². The molecule has 2 aliphatic rings. The second-order valence-corrected chi connectivity index (χ2v) is 7.59. The molecule has 0 radical (unpaired) electrons. The highest BCUT2D eigenvalue weighted by molar-refractivity contribution is 6.51. The molecule has 160 valence electrons. The Morgan fingerprint density at radius 2 is 1.75 bits per heavy atom. The molecule has 2 heterocycles. The summed E-state index contributed by atoms with van der Waals surface area (Å²) in [6.07, 6.45) is 0.650. The SMILES string of the molecule is O=C1C(=O)N(c2ccc(F)cc2)C(c2ccccc2F)/C1=C(\O)c1ccc2c(c1)CCO2. The molecule has 5 rings (SSSR count). The molecule has 3 aromatic rings. The topological polar surface area (TPSA) is 66.8 Å². The Kier molecular flexibility index (Phi) is 4.74. The molecule has 32 heavy (non-hydrogen) atoms. The molecule has 1 saturated heterocycles. The third-order valence-electron chi connectivity index (χ3n) is 5.71. The van der Waals surface area contributed by atoms with E-state index in [0.717, 1.165) is 22.6 Å². The molecule has 1 N–H and O–H groups in total. The van der Waals surface area contributed by atoms with Crippen molar-refractivity contribution >= 4 is 23.1 Å². The average Bonchev–Trinajstić information content (AvgIpc) is 3.36. The molecule has 0 aliphatic carbocycles. The van der Waals surface area contributed by atoms with Crippen LogP contribution in [0.25, 0.3) is 5.76 Å². The van der Waals surface area contributed by atoms with Crippen molar-refractivity contribution in [3.63, 3.8) is 0 Å². The van der Waals surface area contributed by atoms with Crippen molar-refractivity contribution in [2.45, 2.75) is 12.5 Å². The summed E-state index contributed by atoms with van der Waals surface area (Å²) in [6.45, 7) is 0.518. The van der Waals surface area contributed by atoms with Crippen LogP contribution in [0.4, 0.5) is 14.5 Å². The summed E-state index contributed by atoms with van der Waals surface area (Å²) in [4.78, 5) is 27.2. The van der Waals surface area contributed by atoms with Gasteiger partial charge in [-0.05, 0) is 54.1 Å². The Morgan fingerprint density at radius 1 is 1.00 bits per heavy atom. The van der Waals surface area contributed by atoms with Crippen molar-refractivity contribution < 1.29 is 28.2 Å². The number of amides is 1. The van der Waals surface area contributed by atoms with Gasteiger partial charge in [0.25, 0.3) is 11.7 Å². The molecule has 1 amide bonds. The smallest absolute Gasteiger partial charge is 0.300 e. The van der Waals surface area contributed by atoms with Crippen molar-refractivity contribution in [3.8, 4) is 5.75 Å². The summed E-state index contributed by atoms with van der Waals surface area (Å²) in [6, 6.07) is 14.4. The number of ether oxygens (including phenoxy) is 1. The number of fused-ring (bicyclic) bond motifs is 1. The first kappa shape index (κ1) is 19.9. The number of carbonyl (C=O) groups is 2. The van der Waals surface area contributed by atoms with E-state index in [1.54, 1.807) is 24.3 Å².